The molecule has 6 nitrogen and oxygen atoms in total. The average molecular weight is 399 g/mol. The first-order chi connectivity index (χ1) is 9.89. The van der Waals surface area contributed by atoms with Crippen LogP contribution in [0.3, 0.4) is 0 Å². The molecule has 0 saturated carbocycles. The zero-order chi connectivity index (χ0) is 17.3. The van der Waals surface area contributed by atoms with Gasteiger partial charge in [0, 0.05) is 12.4 Å². The van der Waals surface area contributed by atoms with Crippen LogP contribution in [0.2, 0.25) is 0 Å². The third-order valence-corrected chi connectivity index (χ3v) is 7.64. The van der Waals surface area contributed by atoms with Gasteiger partial charge in [0.25, 0.3) is 0 Å². The molecule has 128 valence electrons. The van der Waals surface area contributed by atoms with Crippen molar-refractivity contribution in [1.29, 1.82) is 0 Å². The number of ether oxygens (including phenoxy) is 1. The van der Waals surface area contributed by atoms with E-state index < -0.39 is 41.6 Å². The van der Waals surface area contributed by atoms with Gasteiger partial charge in [0.1, 0.15) is 7.85 Å². The number of rotatable bonds is 7. The molecule has 9 heteroatoms. The van der Waals surface area contributed by atoms with E-state index in [1.54, 1.807) is 20.8 Å². The van der Waals surface area contributed by atoms with Crippen LogP contribution in [-0.4, -0.2) is 56.9 Å². The number of aliphatic hydroxyl groups is 2. The average Bonchev–Trinajstić information content (AvgIpc) is 2.65. The van der Waals surface area contributed by atoms with E-state index in [0.717, 1.165) is 0 Å². The second-order valence-corrected chi connectivity index (χ2v) is 9.51. The molecule has 2 radical (unpaired) electrons. The highest BCUT2D eigenvalue weighted by Gasteiger charge is 2.49. The predicted molar refractivity (Wildman–Crippen MR) is 88.3 cm³/mol. The first-order valence-electron chi connectivity index (χ1n) is 7.38. The second-order valence-electron chi connectivity index (χ2n) is 6.26. The van der Waals surface area contributed by atoms with Gasteiger partial charge in [0.2, 0.25) is 0 Å². The zero-order valence-corrected chi connectivity index (χ0v) is 15.9. The van der Waals surface area contributed by atoms with E-state index in [1.165, 1.54) is 6.92 Å². The van der Waals surface area contributed by atoms with Gasteiger partial charge in [-0.25, -0.2) is 0 Å². The maximum atomic E-state index is 12.4. The molecule has 0 amide bonds. The van der Waals surface area contributed by atoms with E-state index in [2.05, 4.69) is 15.9 Å². The molecule has 7 atom stereocenters. The summed E-state index contributed by atoms with van der Waals surface area (Å²) >= 11 is 3.26. The van der Waals surface area contributed by atoms with Gasteiger partial charge in [0.05, 0.1) is 22.6 Å². The summed E-state index contributed by atoms with van der Waals surface area (Å²) in [5.41, 5.74) is -1.04. The molecule has 1 rings (SSSR count). The van der Waals surface area contributed by atoms with Crippen molar-refractivity contribution in [2.75, 3.05) is 0 Å². The Bertz CT molecular complexity index is 437. The van der Waals surface area contributed by atoms with Crippen LogP contribution < -0.4 is 0 Å². The van der Waals surface area contributed by atoms with Crippen LogP contribution in [0.15, 0.2) is 0 Å². The van der Waals surface area contributed by atoms with Crippen LogP contribution in [0, 0.1) is 0 Å². The summed E-state index contributed by atoms with van der Waals surface area (Å²) in [5, 5.41) is 18.3. The van der Waals surface area contributed by atoms with Crippen LogP contribution in [0.25, 0.3) is 0 Å². The SMILES string of the molecule is [B][C@@H]1O[C@H](CC(C)(CC)OP(=O)(O)C(C)(O)CC)[C@@H](O)[C@H]1Br. The Labute approximate surface area is 141 Å². The van der Waals surface area contributed by atoms with Crippen LogP contribution in [-0.2, 0) is 13.8 Å². The van der Waals surface area contributed by atoms with Gasteiger partial charge in [-0.1, -0.05) is 29.8 Å². The van der Waals surface area contributed by atoms with E-state index in [1.807, 2.05) is 0 Å². The molecule has 0 spiro atoms. The molecule has 0 aromatic rings. The van der Waals surface area contributed by atoms with Gasteiger partial charge >= 0.3 is 7.60 Å². The van der Waals surface area contributed by atoms with E-state index in [4.69, 9.17) is 17.1 Å². The molecule has 0 bridgehead atoms. The quantitative estimate of drug-likeness (QED) is 0.344. The van der Waals surface area contributed by atoms with Gasteiger partial charge < -0.3 is 24.4 Å². The van der Waals surface area contributed by atoms with Gasteiger partial charge in [-0.15, -0.1) is 0 Å². The minimum Gasteiger partial charge on any atom is -0.389 e. The predicted octanol–water partition coefficient (Wildman–Crippen LogP) is 1.88. The van der Waals surface area contributed by atoms with Crippen molar-refractivity contribution in [2.45, 2.75) is 80.9 Å². The Balaban J connectivity index is 2.87. The van der Waals surface area contributed by atoms with E-state index >= 15 is 0 Å². The van der Waals surface area contributed by atoms with E-state index in [9.17, 15) is 19.7 Å². The van der Waals surface area contributed by atoms with Gasteiger partial charge in [-0.2, -0.15) is 0 Å². The van der Waals surface area contributed by atoms with Crippen molar-refractivity contribution >= 4 is 31.4 Å². The zero-order valence-electron chi connectivity index (χ0n) is 13.4. The number of hydrogen-bond donors (Lipinski definition) is 3. The summed E-state index contributed by atoms with van der Waals surface area (Å²) in [4.78, 5) is 9.69. The fourth-order valence-corrected chi connectivity index (χ4v) is 4.06. The summed E-state index contributed by atoms with van der Waals surface area (Å²) in [5.74, 6) is 0. The fraction of sp³-hybridized carbons (Fsp3) is 1.00. The first kappa shape index (κ1) is 20.6. The summed E-state index contributed by atoms with van der Waals surface area (Å²) in [6, 6.07) is -0.652. The molecular formula is C13H25BBrO6P. The normalized spacial score (nSPS) is 37.3. The molecular weight excluding hydrogens is 374 g/mol. The second kappa shape index (κ2) is 7.22. The van der Waals surface area contributed by atoms with Crippen LogP contribution in [0.5, 0.6) is 0 Å². The minimum absolute atomic E-state index is 0.0808. The molecule has 1 heterocycles. The van der Waals surface area contributed by atoms with Gasteiger partial charge in [-0.05, 0) is 26.7 Å². The lowest BCUT2D eigenvalue weighted by Crippen LogP contribution is -2.39. The highest BCUT2D eigenvalue weighted by atomic mass is 79.9. The smallest absolute Gasteiger partial charge is 0.359 e. The Morgan fingerprint density at radius 2 is 1.91 bits per heavy atom. The van der Waals surface area contributed by atoms with Crippen molar-refractivity contribution in [3.63, 3.8) is 0 Å². The maximum Gasteiger partial charge on any atom is 0.359 e. The number of hydrogen-bond acceptors (Lipinski definition) is 5. The highest BCUT2D eigenvalue weighted by molar-refractivity contribution is 9.09. The lowest BCUT2D eigenvalue weighted by atomic mass is 9.91. The first-order valence-corrected chi connectivity index (χ1v) is 9.87. The van der Waals surface area contributed by atoms with E-state index in [-0.39, 0.29) is 12.8 Å². The van der Waals surface area contributed by atoms with Crippen molar-refractivity contribution < 1.29 is 28.9 Å². The Morgan fingerprint density at radius 1 is 1.36 bits per heavy atom. The van der Waals surface area contributed by atoms with E-state index in [0.29, 0.717) is 6.42 Å². The van der Waals surface area contributed by atoms with Crippen molar-refractivity contribution in [3.8, 4) is 0 Å². The lowest BCUT2D eigenvalue weighted by molar-refractivity contribution is -0.0425. The standard InChI is InChI=1S/C13H25BBrO6P/c1-5-12(3,21-22(18,19)13(4,17)6-2)7-8-10(16)9(15)11(14)20-8/h8-11,16-17H,5-7H2,1-4H3,(H,18,19)/t8-,9-,10-,11-,12?,13?/m1/s1. The maximum absolute atomic E-state index is 12.4. The third-order valence-electron chi connectivity index (χ3n) is 4.36. The highest BCUT2D eigenvalue weighted by Crippen LogP contribution is 2.59. The van der Waals surface area contributed by atoms with Crippen LogP contribution in [0.4, 0.5) is 0 Å². The number of halogens is 1. The summed E-state index contributed by atoms with van der Waals surface area (Å²) in [6.07, 6.45) is -0.779. The molecule has 22 heavy (non-hydrogen) atoms. The number of aliphatic hydroxyl groups excluding tert-OH is 1. The molecule has 1 aliphatic heterocycles. The monoisotopic (exact) mass is 398 g/mol. The molecule has 3 unspecified atom stereocenters. The Kier molecular flexibility index (Phi) is 6.76. The molecule has 3 N–H and O–H groups in total. The molecule has 1 fully saturated rings. The van der Waals surface area contributed by atoms with Crippen molar-refractivity contribution in [2.24, 2.45) is 0 Å². The van der Waals surface area contributed by atoms with Crippen LogP contribution >= 0.6 is 23.5 Å². The molecule has 1 saturated heterocycles. The molecule has 1 aliphatic rings. The summed E-state index contributed by atoms with van der Waals surface area (Å²) in [6.45, 7) is 6.33. The van der Waals surface area contributed by atoms with Crippen molar-refractivity contribution in [3.05, 3.63) is 0 Å². The molecule has 0 aliphatic carbocycles. The largest absolute Gasteiger partial charge is 0.389 e. The van der Waals surface area contributed by atoms with Gasteiger partial charge in [0.15, 0.2) is 5.34 Å². The lowest BCUT2D eigenvalue weighted by Gasteiger charge is -2.37. The Hall–Kier alpha value is 0.575. The summed E-state index contributed by atoms with van der Waals surface area (Å²) in [7, 11) is 1.46. The minimum atomic E-state index is -4.27. The topological polar surface area (TPSA) is 96.2 Å². The fourth-order valence-electron chi connectivity index (χ4n) is 2.19. The Morgan fingerprint density at radius 3 is 2.27 bits per heavy atom. The van der Waals surface area contributed by atoms with Crippen LogP contribution in [0.1, 0.15) is 47.0 Å². The molecule has 0 aromatic carbocycles. The third kappa shape index (κ3) is 4.35. The number of alkyl halides is 1. The van der Waals surface area contributed by atoms with Crippen molar-refractivity contribution in [1.82, 2.24) is 0 Å². The summed E-state index contributed by atoms with van der Waals surface area (Å²) < 4.78 is 23.3. The molecule has 0 aromatic heterocycles. The van der Waals surface area contributed by atoms with Gasteiger partial charge in [-0.3, -0.25) is 4.57 Å².